The summed E-state index contributed by atoms with van der Waals surface area (Å²) in [5.41, 5.74) is 5.02. The molecule has 1 aliphatic heterocycles. The van der Waals surface area contributed by atoms with Gasteiger partial charge in [0, 0.05) is 31.7 Å². The molecule has 2 aromatic carbocycles. The minimum atomic E-state index is -0.140. The number of benzene rings is 2. The van der Waals surface area contributed by atoms with Crippen molar-refractivity contribution in [2.45, 2.75) is 13.8 Å². The Morgan fingerprint density at radius 2 is 1.73 bits per heavy atom. The van der Waals surface area contributed by atoms with Gasteiger partial charge in [0.2, 0.25) is 0 Å². The van der Waals surface area contributed by atoms with Crippen LogP contribution < -0.4 is 10.2 Å². The number of aryl methyl sites for hydroxylation is 2. The monoisotopic (exact) mass is 421 g/mol. The van der Waals surface area contributed by atoms with Crippen molar-refractivity contribution in [3.8, 4) is 11.3 Å². The van der Waals surface area contributed by atoms with E-state index in [1.54, 1.807) is 17.0 Å². The van der Waals surface area contributed by atoms with Crippen molar-refractivity contribution in [1.29, 1.82) is 0 Å². The highest BCUT2D eigenvalue weighted by Gasteiger charge is 2.22. The Morgan fingerprint density at radius 3 is 2.40 bits per heavy atom. The van der Waals surface area contributed by atoms with Crippen LogP contribution in [0.5, 0.6) is 0 Å². The molecule has 0 bridgehead atoms. The summed E-state index contributed by atoms with van der Waals surface area (Å²) in [5, 5.41) is 12.3. The second kappa shape index (κ2) is 8.71. The minimum absolute atomic E-state index is 0.140. The Labute approximate surface area is 181 Å². The van der Waals surface area contributed by atoms with Crippen LogP contribution in [0.3, 0.4) is 0 Å². The highest BCUT2D eigenvalue weighted by molar-refractivity contribution is 6.33. The molecule has 0 saturated carbocycles. The van der Waals surface area contributed by atoms with Crippen molar-refractivity contribution < 1.29 is 4.79 Å². The number of nitrogens with zero attached hydrogens (tertiary/aromatic N) is 4. The van der Waals surface area contributed by atoms with Crippen molar-refractivity contribution in [3.05, 3.63) is 70.7 Å². The number of aromatic nitrogens is 2. The van der Waals surface area contributed by atoms with Gasteiger partial charge >= 0.3 is 6.03 Å². The third kappa shape index (κ3) is 4.39. The molecule has 154 valence electrons. The van der Waals surface area contributed by atoms with Gasteiger partial charge in [-0.15, -0.1) is 10.2 Å². The van der Waals surface area contributed by atoms with E-state index in [-0.39, 0.29) is 6.03 Å². The lowest BCUT2D eigenvalue weighted by atomic mass is 10.0. The zero-order valence-electron chi connectivity index (χ0n) is 17.1. The van der Waals surface area contributed by atoms with Crippen LogP contribution in [0.15, 0.2) is 54.6 Å². The van der Waals surface area contributed by atoms with Crippen LogP contribution >= 0.6 is 11.6 Å². The van der Waals surface area contributed by atoms with Crippen molar-refractivity contribution in [2.24, 2.45) is 0 Å². The quantitative estimate of drug-likeness (QED) is 0.661. The average Bonchev–Trinajstić information content (AvgIpc) is 2.76. The number of halogens is 1. The molecule has 3 aromatic rings. The maximum atomic E-state index is 12.5. The Morgan fingerprint density at radius 1 is 0.967 bits per heavy atom. The van der Waals surface area contributed by atoms with Gasteiger partial charge in [-0.2, -0.15) is 0 Å². The van der Waals surface area contributed by atoms with Crippen LogP contribution in [0.1, 0.15) is 11.1 Å². The van der Waals surface area contributed by atoms with E-state index in [1.165, 1.54) is 11.1 Å². The van der Waals surface area contributed by atoms with Crippen LogP contribution in [0.25, 0.3) is 11.3 Å². The smallest absolute Gasteiger partial charge is 0.322 e. The van der Waals surface area contributed by atoms with Crippen molar-refractivity contribution in [3.63, 3.8) is 0 Å². The van der Waals surface area contributed by atoms with Gasteiger partial charge in [-0.25, -0.2) is 4.79 Å². The number of para-hydroxylation sites is 1. The van der Waals surface area contributed by atoms with Crippen LogP contribution in [-0.4, -0.2) is 47.3 Å². The number of carbonyl (C=O) groups excluding carboxylic acids is 1. The second-order valence-electron chi connectivity index (χ2n) is 7.48. The molecule has 0 spiro atoms. The first-order chi connectivity index (χ1) is 14.5. The molecule has 1 saturated heterocycles. The highest BCUT2D eigenvalue weighted by atomic mass is 35.5. The molecule has 4 rings (SSSR count). The molecule has 0 aliphatic carbocycles. The van der Waals surface area contributed by atoms with Gasteiger partial charge < -0.3 is 15.1 Å². The average molecular weight is 422 g/mol. The molecule has 1 aromatic heterocycles. The molecule has 0 atom stereocenters. The van der Waals surface area contributed by atoms with Gasteiger partial charge in [0.1, 0.15) is 0 Å². The number of nitrogens with one attached hydrogen (secondary N) is 1. The van der Waals surface area contributed by atoms with Crippen LogP contribution in [-0.2, 0) is 0 Å². The summed E-state index contributed by atoms with van der Waals surface area (Å²) in [4.78, 5) is 16.5. The van der Waals surface area contributed by atoms with Gasteiger partial charge in [0.15, 0.2) is 5.82 Å². The lowest BCUT2D eigenvalue weighted by Crippen LogP contribution is -2.50. The van der Waals surface area contributed by atoms with E-state index in [1.807, 2.05) is 24.3 Å². The molecule has 1 aliphatic rings. The fourth-order valence-electron chi connectivity index (χ4n) is 3.63. The molecule has 1 fully saturated rings. The van der Waals surface area contributed by atoms with Gasteiger partial charge in [0.05, 0.1) is 16.4 Å². The molecular weight excluding hydrogens is 398 g/mol. The second-order valence-corrected chi connectivity index (χ2v) is 7.89. The Hall–Kier alpha value is -3.12. The van der Waals surface area contributed by atoms with E-state index in [4.69, 9.17) is 11.6 Å². The Kier molecular flexibility index (Phi) is 5.86. The van der Waals surface area contributed by atoms with Crippen molar-refractivity contribution in [2.75, 3.05) is 36.4 Å². The molecule has 7 heteroatoms. The van der Waals surface area contributed by atoms with E-state index in [9.17, 15) is 4.79 Å². The maximum Gasteiger partial charge on any atom is 0.322 e. The van der Waals surface area contributed by atoms with Gasteiger partial charge in [0.25, 0.3) is 0 Å². The molecule has 30 heavy (non-hydrogen) atoms. The van der Waals surface area contributed by atoms with Gasteiger partial charge in [-0.1, -0.05) is 47.5 Å². The minimum Gasteiger partial charge on any atom is -0.352 e. The molecular formula is C23H24ClN5O. The number of rotatable bonds is 3. The van der Waals surface area contributed by atoms with E-state index in [0.717, 1.165) is 17.1 Å². The summed E-state index contributed by atoms with van der Waals surface area (Å²) >= 11 is 6.13. The summed E-state index contributed by atoms with van der Waals surface area (Å²) < 4.78 is 0. The van der Waals surface area contributed by atoms with Crippen LogP contribution in [0.4, 0.5) is 16.3 Å². The number of piperazine rings is 1. The summed E-state index contributed by atoms with van der Waals surface area (Å²) in [6.45, 7) is 6.79. The maximum absolute atomic E-state index is 12.5. The van der Waals surface area contributed by atoms with Crippen molar-refractivity contribution >= 4 is 29.1 Å². The molecule has 2 heterocycles. The molecule has 2 amide bonds. The third-order valence-corrected chi connectivity index (χ3v) is 5.64. The zero-order valence-corrected chi connectivity index (χ0v) is 17.9. The molecule has 0 unspecified atom stereocenters. The fourth-order valence-corrected chi connectivity index (χ4v) is 3.82. The first-order valence-electron chi connectivity index (χ1n) is 9.98. The first-order valence-corrected chi connectivity index (χ1v) is 10.4. The predicted octanol–water partition coefficient (Wildman–Crippen LogP) is 4.77. The van der Waals surface area contributed by atoms with E-state index in [2.05, 4.69) is 52.5 Å². The van der Waals surface area contributed by atoms with Crippen LogP contribution in [0.2, 0.25) is 5.02 Å². The van der Waals surface area contributed by atoms with Gasteiger partial charge in [-0.3, -0.25) is 0 Å². The standard InChI is InChI=1S/C23H24ClN5O/c1-16-7-8-18(17(2)15-16)20-9-10-22(27-26-20)28-11-13-29(14-12-28)23(30)25-21-6-4-3-5-19(21)24/h3-10,15H,11-14H2,1-2H3,(H,25,30). The number of anilines is 2. The van der Waals surface area contributed by atoms with Gasteiger partial charge in [-0.05, 0) is 43.7 Å². The first kappa shape index (κ1) is 20.2. The number of hydrogen-bond acceptors (Lipinski definition) is 4. The SMILES string of the molecule is Cc1ccc(-c2ccc(N3CCN(C(=O)Nc4ccccc4Cl)CC3)nn2)c(C)c1. The summed E-state index contributed by atoms with van der Waals surface area (Å²) in [6, 6.07) is 17.4. The lowest BCUT2D eigenvalue weighted by molar-refractivity contribution is 0.208. The van der Waals surface area contributed by atoms with E-state index in [0.29, 0.717) is 36.9 Å². The summed E-state index contributed by atoms with van der Waals surface area (Å²) in [7, 11) is 0. The van der Waals surface area contributed by atoms with E-state index < -0.39 is 0 Å². The van der Waals surface area contributed by atoms with Crippen LogP contribution in [0, 0.1) is 13.8 Å². The lowest BCUT2D eigenvalue weighted by Gasteiger charge is -2.35. The number of carbonyl (C=O) groups is 1. The highest BCUT2D eigenvalue weighted by Crippen LogP contribution is 2.24. The predicted molar refractivity (Wildman–Crippen MR) is 121 cm³/mol. The van der Waals surface area contributed by atoms with Crippen molar-refractivity contribution in [1.82, 2.24) is 15.1 Å². The third-order valence-electron chi connectivity index (χ3n) is 5.31. The largest absolute Gasteiger partial charge is 0.352 e. The summed E-state index contributed by atoms with van der Waals surface area (Å²) in [5.74, 6) is 0.828. The van der Waals surface area contributed by atoms with E-state index >= 15 is 0 Å². The normalized spacial score (nSPS) is 14.0. The molecule has 1 N–H and O–H groups in total. The molecule has 0 radical (unpaired) electrons. The number of hydrogen-bond donors (Lipinski definition) is 1. The fraction of sp³-hybridized carbons (Fsp3) is 0.261. The number of urea groups is 1. The number of amides is 2. The topological polar surface area (TPSA) is 61.4 Å². The zero-order chi connectivity index (χ0) is 21.1. The summed E-state index contributed by atoms with van der Waals surface area (Å²) in [6.07, 6.45) is 0. The molecule has 6 nitrogen and oxygen atoms in total. The Balaban J connectivity index is 1.37. The Bertz CT molecular complexity index is 1050.